The van der Waals surface area contributed by atoms with Crippen LogP contribution >= 0.6 is 0 Å². The SMILES string of the molecule is O=C(O)C1C=CN(OCCOC(F)(F)F)N1. The summed E-state index contributed by atoms with van der Waals surface area (Å²) in [5.74, 6) is -1.12. The first-order valence-corrected chi connectivity index (χ1v) is 4.18. The molecule has 1 heterocycles. The monoisotopic (exact) mass is 242 g/mol. The van der Waals surface area contributed by atoms with Gasteiger partial charge < -0.3 is 5.11 Å². The molecule has 6 nitrogen and oxygen atoms in total. The van der Waals surface area contributed by atoms with E-state index in [0.717, 1.165) is 5.17 Å². The standard InChI is InChI=1S/C7H9F3N2O4/c8-7(9,10)15-3-4-16-12-2-1-5(11-12)6(13)14/h1-2,5,11H,3-4H2,(H,13,14). The normalized spacial score (nSPS) is 20.4. The molecule has 92 valence electrons. The highest BCUT2D eigenvalue weighted by Gasteiger charge is 2.29. The second-order valence-corrected chi connectivity index (χ2v) is 2.74. The van der Waals surface area contributed by atoms with Gasteiger partial charge in [-0.3, -0.25) is 14.4 Å². The van der Waals surface area contributed by atoms with Crippen LogP contribution in [-0.2, 0) is 14.4 Å². The number of nitrogens with zero attached hydrogens (tertiary/aromatic N) is 1. The van der Waals surface area contributed by atoms with Crippen molar-refractivity contribution in [3.8, 4) is 0 Å². The predicted molar refractivity (Wildman–Crippen MR) is 43.5 cm³/mol. The molecule has 0 aromatic rings. The summed E-state index contributed by atoms with van der Waals surface area (Å²) < 4.78 is 38.0. The molecule has 2 N–H and O–H groups in total. The zero-order valence-electron chi connectivity index (χ0n) is 7.90. The Bertz CT molecular complexity index is 281. The molecule has 0 radical (unpaired) electrons. The van der Waals surface area contributed by atoms with Crippen LogP contribution in [0.4, 0.5) is 13.2 Å². The van der Waals surface area contributed by atoms with Gasteiger partial charge in [0.2, 0.25) is 0 Å². The molecule has 1 atom stereocenters. The largest absolute Gasteiger partial charge is 0.522 e. The number of hydrogen-bond donors (Lipinski definition) is 2. The highest BCUT2D eigenvalue weighted by atomic mass is 19.4. The van der Waals surface area contributed by atoms with Gasteiger partial charge in [-0.05, 0) is 6.08 Å². The summed E-state index contributed by atoms with van der Waals surface area (Å²) in [4.78, 5) is 15.2. The van der Waals surface area contributed by atoms with Crippen molar-refractivity contribution in [2.24, 2.45) is 0 Å². The zero-order valence-corrected chi connectivity index (χ0v) is 7.90. The van der Waals surface area contributed by atoms with Gasteiger partial charge in [-0.1, -0.05) is 0 Å². The first-order valence-electron chi connectivity index (χ1n) is 4.18. The third-order valence-electron chi connectivity index (χ3n) is 1.53. The van der Waals surface area contributed by atoms with Crippen LogP contribution in [0.5, 0.6) is 0 Å². The molecule has 0 bridgehead atoms. The molecule has 0 aliphatic carbocycles. The van der Waals surface area contributed by atoms with Crippen LogP contribution in [-0.4, -0.2) is 41.9 Å². The number of carboxylic acid groups (broad SMARTS) is 1. The minimum Gasteiger partial charge on any atom is -0.480 e. The van der Waals surface area contributed by atoms with E-state index in [-0.39, 0.29) is 6.61 Å². The van der Waals surface area contributed by atoms with E-state index < -0.39 is 25.0 Å². The van der Waals surface area contributed by atoms with E-state index in [0.29, 0.717) is 0 Å². The van der Waals surface area contributed by atoms with E-state index >= 15 is 0 Å². The van der Waals surface area contributed by atoms with E-state index in [1.54, 1.807) is 0 Å². The number of aliphatic carboxylic acids is 1. The Morgan fingerprint density at radius 2 is 2.19 bits per heavy atom. The molecular weight excluding hydrogens is 233 g/mol. The minimum absolute atomic E-state index is 0.358. The molecule has 1 rings (SSSR count). The van der Waals surface area contributed by atoms with Crippen LogP contribution in [0.1, 0.15) is 0 Å². The van der Waals surface area contributed by atoms with Gasteiger partial charge in [-0.2, -0.15) is 10.6 Å². The van der Waals surface area contributed by atoms with E-state index in [1.165, 1.54) is 12.3 Å². The van der Waals surface area contributed by atoms with Gasteiger partial charge in [-0.15, -0.1) is 13.2 Å². The molecule has 0 amide bonds. The maximum absolute atomic E-state index is 11.5. The zero-order chi connectivity index (χ0) is 12.2. The Hall–Kier alpha value is -1.32. The Kier molecular flexibility index (Phi) is 4.10. The Morgan fingerprint density at radius 3 is 2.69 bits per heavy atom. The molecule has 1 aliphatic rings. The van der Waals surface area contributed by atoms with E-state index in [4.69, 9.17) is 9.94 Å². The lowest BCUT2D eigenvalue weighted by Gasteiger charge is -2.17. The number of carboxylic acids is 1. The lowest BCUT2D eigenvalue weighted by atomic mass is 10.3. The van der Waals surface area contributed by atoms with Crippen molar-refractivity contribution in [3.05, 3.63) is 12.3 Å². The molecular formula is C7H9F3N2O4. The molecule has 9 heteroatoms. The minimum atomic E-state index is -4.69. The first kappa shape index (κ1) is 12.7. The third-order valence-corrected chi connectivity index (χ3v) is 1.53. The smallest absolute Gasteiger partial charge is 0.480 e. The Balaban J connectivity index is 2.12. The second kappa shape index (κ2) is 5.14. The number of rotatable bonds is 5. The van der Waals surface area contributed by atoms with E-state index in [1.807, 2.05) is 0 Å². The van der Waals surface area contributed by atoms with Crippen LogP contribution in [0.3, 0.4) is 0 Å². The molecule has 1 aliphatic heterocycles. The summed E-state index contributed by atoms with van der Waals surface area (Å²) in [7, 11) is 0. The quantitative estimate of drug-likeness (QED) is 0.673. The van der Waals surface area contributed by atoms with E-state index in [2.05, 4.69) is 10.2 Å². The topological polar surface area (TPSA) is 71.0 Å². The first-order chi connectivity index (χ1) is 7.38. The maximum Gasteiger partial charge on any atom is 0.522 e. The number of halogens is 3. The molecule has 16 heavy (non-hydrogen) atoms. The second-order valence-electron chi connectivity index (χ2n) is 2.74. The highest BCUT2D eigenvalue weighted by molar-refractivity contribution is 5.76. The highest BCUT2D eigenvalue weighted by Crippen LogP contribution is 2.15. The molecule has 0 spiro atoms. The molecule has 0 saturated carbocycles. The van der Waals surface area contributed by atoms with Crippen LogP contribution in [0.15, 0.2) is 12.3 Å². The van der Waals surface area contributed by atoms with Crippen LogP contribution in [0.2, 0.25) is 0 Å². The summed E-state index contributed by atoms with van der Waals surface area (Å²) in [6, 6.07) is -0.941. The number of alkyl halides is 3. The van der Waals surface area contributed by atoms with Gasteiger partial charge in [0.25, 0.3) is 0 Å². The lowest BCUT2D eigenvalue weighted by molar-refractivity contribution is -0.331. The number of nitrogens with one attached hydrogen (secondary N) is 1. The van der Waals surface area contributed by atoms with Gasteiger partial charge in [0.05, 0.1) is 6.61 Å². The van der Waals surface area contributed by atoms with Gasteiger partial charge >= 0.3 is 12.3 Å². The lowest BCUT2D eigenvalue weighted by Crippen LogP contribution is -2.40. The summed E-state index contributed by atoms with van der Waals surface area (Å²) >= 11 is 0. The van der Waals surface area contributed by atoms with Gasteiger partial charge in [0, 0.05) is 6.20 Å². The molecule has 0 aromatic heterocycles. The van der Waals surface area contributed by atoms with Crippen molar-refractivity contribution in [2.45, 2.75) is 12.4 Å². The average molecular weight is 242 g/mol. The van der Waals surface area contributed by atoms with E-state index in [9.17, 15) is 18.0 Å². The summed E-state index contributed by atoms with van der Waals surface area (Å²) in [5, 5.41) is 9.46. The van der Waals surface area contributed by atoms with Gasteiger partial charge in [0.15, 0.2) is 0 Å². The number of hydrazine groups is 1. The van der Waals surface area contributed by atoms with Gasteiger partial charge in [-0.25, -0.2) is 0 Å². The molecule has 0 saturated heterocycles. The van der Waals surface area contributed by atoms with Crippen molar-refractivity contribution >= 4 is 5.97 Å². The fraction of sp³-hybridized carbons (Fsp3) is 0.571. The maximum atomic E-state index is 11.5. The fourth-order valence-corrected chi connectivity index (χ4v) is 0.898. The molecule has 1 unspecified atom stereocenters. The molecule has 0 fully saturated rings. The van der Waals surface area contributed by atoms with Crippen LogP contribution < -0.4 is 5.43 Å². The number of hydrogen-bond acceptors (Lipinski definition) is 5. The molecule has 0 aromatic carbocycles. The third kappa shape index (κ3) is 4.47. The number of carbonyl (C=O) groups is 1. The van der Waals surface area contributed by atoms with Crippen molar-refractivity contribution < 1.29 is 32.6 Å². The van der Waals surface area contributed by atoms with Crippen molar-refractivity contribution in [1.82, 2.24) is 10.6 Å². The Morgan fingerprint density at radius 1 is 1.50 bits per heavy atom. The van der Waals surface area contributed by atoms with Crippen LogP contribution in [0.25, 0.3) is 0 Å². The fourth-order valence-electron chi connectivity index (χ4n) is 0.898. The summed E-state index contributed by atoms with van der Waals surface area (Å²) in [5.41, 5.74) is 2.35. The summed E-state index contributed by atoms with van der Waals surface area (Å²) in [6.07, 6.45) is -2.15. The number of ether oxygens (including phenoxy) is 1. The van der Waals surface area contributed by atoms with Crippen molar-refractivity contribution in [1.29, 1.82) is 0 Å². The number of hydroxylamine groups is 1. The van der Waals surface area contributed by atoms with Crippen LogP contribution in [0, 0.1) is 0 Å². The predicted octanol–water partition coefficient (Wildman–Crippen LogP) is 0.241. The summed E-state index contributed by atoms with van der Waals surface area (Å²) in [6.45, 7) is -1.03. The van der Waals surface area contributed by atoms with Gasteiger partial charge in [0.1, 0.15) is 12.6 Å². The van der Waals surface area contributed by atoms with Crippen molar-refractivity contribution in [2.75, 3.05) is 13.2 Å². The Labute approximate surface area is 88.1 Å². The van der Waals surface area contributed by atoms with Crippen molar-refractivity contribution in [3.63, 3.8) is 0 Å². The average Bonchev–Trinajstić information content (AvgIpc) is 2.59.